The third-order valence-electron chi connectivity index (χ3n) is 2.26. The number of hydrogen-bond donors (Lipinski definition) is 2. The lowest BCUT2D eigenvalue weighted by Crippen LogP contribution is -2.19. The molecule has 1 unspecified atom stereocenters. The van der Waals surface area contributed by atoms with Gasteiger partial charge in [0.1, 0.15) is 0 Å². The van der Waals surface area contributed by atoms with Crippen LogP contribution in [-0.4, -0.2) is 31.1 Å². The average molecular weight is 259 g/mol. The number of carboxylic acid groups (broad SMARTS) is 1. The van der Waals surface area contributed by atoms with Crippen LogP contribution in [0.1, 0.15) is 39.7 Å². The van der Waals surface area contributed by atoms with E-state index in [1.54, 1.807) is 4.57 Å². The van der Waals surface area contributed by atoms with Crippen LogP contribution in [0.15, 0.2) is 9.95 Å². The monoisotopic (exact) mass is 259 g/mol. The molecule has 1 rings (SSSR count). The Kier molecular flexibility index (Phi) is 4.80. The number of rotatable bonds is 6. The van der Waals surface area contributed by atoms with E-state index in [-0.39, 0.29) is 23.4 Å². The predicted molar refractivity (Wildman–Crippen MR) is 65.4 cm³/mol. The van der Waals surface area contributed by atoms with E-state index >= 15 is 0 Å². The summed E-state index contributed by atoms with van der Waals surface area (Å²) in [6, 6.07) is 0.0374. The molecule has 0 fully saturated rings. The highest BCUT2D eigenvalue weighted by molar-refractivity contribution is 7.99. The van der Waals surface area contributed by atoms with Gasteiger partial charge in [0.25, 0.3) is 0 Å². The van der Waals surface area contributed by atoms with E-state index in [0.717, 1.165) is 0 Å². The van der Waals surface area contributed by atoms with E-state index in [1.165, 1.54) is 11.8 Å². The van der Waals surface area contributed by atoms with Crippen molar-refractivity contribution in [3.8, 4) is 0 Å². The van der Waals surface area contributed by atoms with Crippen LogP contribution in [0.4, 0.5) is 0 Å². The van der Waals surface area contributed by atoms with Gasteiger partial charge in [-0.25, -0.2) is 9.89 Å². The van der Waals surface area contributed by atoms with Crippen molar-refractivity contribution in [2.24, 2.45) is 0 Å². The smallest absolute Gasteiger partial charge is 0.344 e. The van der Waals surface area contributed by atoms with Crippen molar-refractivity contribution in [3.05, 3.63) is 10.5 Å². The van der Waals surface area contributed by atoms with Gasteiger partial charge in [0, 0.05) is 17.7 Å². The Balaban J connectivity index is 2.68. The molecule has 17 heavy (non-hydrogen) atoms. The van der Waals surface area contributed by atoms with Gasteiger partial charge in [-0.15, -0.1) is 5.10 Å². The zero-order valence-corrected chi connectivity index (χ0v) is 11.0. The molecule has 0 saturated heterocycles. The first-order valence-corrected chi connectivity index (χ1v) is 6.35. The van der Waals surface area contributed by atoms with E-state index in [0.29, 0.717) is 11.6 Å². The Labute approximate surface area is 103 Å². The lowest BCUT2D eigenvalue weighted by atomic mass is 10.2. The van der Waals surface area contributed by atoms with Crippen LogP contribution in [0.2, 0.25) is 0 Å². The summed E-state index contributed by atoms with van der Waals surface area (Å²) in [5.41, 5.74) is -0.229. The third-order valence-corrected chi connectivity index (χ3v) is 3.40. The summed E-state index contributed by atoms with van der Waals surface area (Å²) in [4.78, 5) is 21.9. The molecule has 0 aliphatic heterocycles. The van der Waals surface area contributed by atoms with Gasteiger partial charge >= 0.3 is 11.7 Å². The van der Waals surface area contributed by atoms with Crippen molar-refractivity contribution >= 4 is 17.7 Å². The number of thioether (sulfide) groups is 1. The molecule has 0 aliphatic rings. The minimum absolute atomic E-state index is 0.0374. The molecule has 1 atom stereocenters. The van der Waals surface area contributed by atoms with E-state index in [4.69, 9.17) is 5.11 Å². The van der Waals surface area contributed by atoms with Gasteiger partial charge in [-0.3, -0.25) is 9.36 Å². The predicted octanol–water partition coefficient (Wildman–Crippen LogP) is 1.50. The van der Waals surface area contributed by atoms with Gasteiger partial charge in [-0.2, -0.15) is 0 Å². The number of nitrogens with zero attached hydrogens (tertiary/aromatic N) is 2. The number of hydrogen-bond acceptors (Lipinski definition) is 4. The van der Waals surface area contributed by atoms with E-state index in [9.17, 15) is 9.59 Å². The summed E-state index contributed by atoms with van der Waals surface area (Å²) in [5, 5.41) is 15.7. The average Bonchev–Trinajstić information content (AvgIpc) is 2.56. The van der Waals surface area contributed by atoms with Crippen molar-refractivity contribution in [2.75, 3.05) is 0 Å². The van der Waals surface area contributed by atoms with Gasteiger partial charge in [-0.05, 0) is 20.3 Å². The fraction of sp³-hybridized carbons (Fsp3) is 0.700. The van der Waals surface area contributed by atoms with E-state index in [1.807, 2.05) is 20.8 Å². The van der Waals surface area contributed by atoms with Gasteiger partial charge in [0.15, 0.2) is 5.16 Å². The number of nitrogens with one attached hydrogen (secondary N) is 1. The summed E-state index contributed by atoms with van der Waals surface area (Å²) in [6.45, 7) is 5.74. The number of aromatic amines is 1. The van der Waals surface area contributed by atoms with Crippen LogP contribution in [0.25, 0.3) is 0 Å². The third kappa shape index (κ3) is 3.92. The lowest BCUT2D eigenvalue weighted by Gasteiger charge is -2.12. The second kappa shape index (κ2) is 5.90. The van der Waals surface area contributed by atoms with Crippen molar-refractivity contribution in [3.63, 3.8) is 0 Å². The summed E-state index contributed by atoms with van der Waals surface area (Å²) in [6.07, 6.45) is 0.684. The quantitative estimate of drug-likeness (QED) is 0.756. The first-order valence-electron chi connectivity index (χ1n) is 5.47. The molecule has 0 aliphatic carbocycles. The molecule has 0 saturated carbocycles. The molecule has 1 aromatic heterocycles. The fourth-order valence-corrected chi connectivity index (χ4v) is 2.50. The van der Waals surface area contributed by atoms with Gasteiger partial charge in [-0.1, -0.05) is 18.7 Å². The SMILES string of the molecule is CC(CCC(=O)O)Sc1n[nH]c(=O)n1C(C)C. The number of H-pyrrole nitrogens is 1. The zero-order valence-electron chi connectivity index (χ0n) is 10.1. The van der Waals surface area contributed by atoms with Crippen molar-refractivity contribution in [2.45, 2.75) is 50.1 Å². The van der Waals surface area contributed by atoms with Crippen LogP contribution >= 0.6 is 11.8 Å². The van der Waals surface area contributed by atoms with Crippen LogP contribution in [0.3, 0.4) is 0 Å². The molecule has 96 valence electrons. The number of aromatic nitrogens is 3. The number of carboxylic acids is 1. The van der Waals surface area contributed by atoms with Gasteiger partial charge < -0.3 is 5.11 Å². The Morgan fingerprint density at radius 3 is 2.71 bits per heavy atom. The highest BCUT2D eigenvalue weighted by Crippen LogP contribution is 2.24. The molecule has 0 aromatic carbocycles. The van der Waals surface area contributed by atoms with E-state index < -0.39 is 5.97 Å². The molecular formula is C10H17N3O3S. The molecule has 0 amide bonds. The van der Waals surface area contributed by atoms with Gasteiger partial charge in [0.2, 0.25) is 0 Å². The standard InChI is InChI=1S/C10H17N3O3S/c1-6(2)13-9(16)11-12-10(13)17-7(3)4-5-8(14)15/h6-7H,4-5H2,1-3H3,(H,11,16)(H,14,15). The highest BCUT2D eigenvalue weighted by atomic mass is 32.2. The van der Waals surface area contributed by atoms with Crippen molar-refractivity contribution in [1.82, 2.24) is 14.8 Å². The van der Waals surface area contributed by atoms with Crippen molar-refractivity contribution < 1.29 is 9.90 Å². The van der Waals surface area contributed by atoms with Crippen LogP contribution in [0.5, 0.6) is 0 Å². The Bertz CT molecular complexity index is 438. The van der Waals surface area contributed by atoms with Gasteiger partial charge in [0.05, 0.1) is 0 Å². The molecule has 1 heterocycles. The second-order valence-electron chi connectivity index (χ2n) is 4.14. The molecule has 7 heteroatoms. The van der Waals surface area contributed by atoms with Crippen LogP contribution < -0.4 is 5.69 Å². The van der Waals surface area contributed by atoms with Crippen molar-refractivity contribution in [1.29, 1.82) is 0 Å². The molecule has 0 spiro atoms. The normalized spacial score (nSPS) is 12.9. The molecule has 1 aromatic rings. The maximum atomic E-state index is 11.5. The minimum atomic E-state index is -0.805. The second-order valence-corrected chi connectivity index (χ2v) is 5.54. The van der Waals surface area contributed by atoms with Crippen LogP contribution in [0, 0.1) is 0 Å². The maximum Gasteiger partial charge on any atom is 0.344 e. The van der Waals surface area contributed by atoms with Crippen LogP contribution in [-0.2, 0) is 4.79 Å². The summed E-state index contributed by atoms with van der Waals surface area (Å²) < 4.78 is 1.57. The minimum Gasteiger partial charge on any atom is -0.481 e. The lowest BCUT2D eigenvalue weighted by molar-refractivity contribution is -0.137. The Hall–Kier alpha value is -1.24. The first kappa shape index (κ1) is 13.8. The molecule has 0 bridgehead atoms. The summed E-state index contributed by atoms with van der Waals surface area (Å²) in [5.74, 6) is -0.805. The fourth-order valence-electron chi connectivity index (χ4n) is 1.39. The maximum absolute atomic E-state index is 11.5. The number of aliphatic carboxylic acids is 1. The topological polar surface area (TPSA) is 88.0 Å². The largest absolute Gasteiger partial charge is 0.481 e. The Morgan fingerprint density at radius 2 is 2.18 bits per heavy atom. The van der Waals surface area contributed by atoms with E-state index in [2.05, 4.69) is 10.2 Å². The first-order chi connectivity index (χ1) is 7.91. The summed E-state index contributed by atoms with van der Waals surface area (Å²) >= 11 is 1.42. The number of carbonyl (C=O) groups is 1. The zero-order chi connectivity index (χ0) is 13.0. The summed E-state index contributed by atoms with van der Waals surface area (Å²) in [7, 11) is 0. The molecule has 2 N–H and O–H groups in total. The molecular weight excluding hydrogens is 242 g/mol. The molecule has 6 nitrogen and oxygen atoms in total. The Morgan fingerprint density at radius 1 is 1.53 bits per heavy atom. The highest BCUT2D eigenvalue weighted by Gasteiger charge is 2.15. The molecule has 0 radical (unpaired) electrons.